The van der Waals surface area contributed by atoms with Gasteiger partial charge in [-0.2, -0.15) is 0 Å². The second-order valence-electron chi connectivity index (χ2n) is 34.4. The maximum atomic E-state index is 7.05. The zero-order valence-corrected chi connectivity index (χ0v) is 69.6. The van der Waals surface area contributed by atoms with Gasteiger partial charge in [-0.05, 0) is 239 Å². The van der Waals surface area contributed by atoms with Gasteiger partial charge in [-0.1, -0.05) is 239 Å². The van der Waals surface area contributed by atoms with Gasteiger partial charge in [-0.15, -0.1) is 0 Å². The van der Waals surface area contributed by atoms with E-state index in [-0.39, 0.29) is 5.41 Å². The summed E-state index contributed by atoms with van der Waals surface area (Å²) in [6.45, 7) is 11.3. The predicted octanol–water partition coefficient (Wildman–Crippen LogP) is 32.5. The lowest BCUT2D eigenvalue weighted by molar-refractivity contribution is 0.590. The molecule has 0 saturated heterocycles. The van der Waals surface area contributed by atoms with Crippen LogP contribution >= 0.6 is 0 Å². The number of aromatic nitrogens is 4. The maximum absolute atomic E-state index is 7.05. The molecule has 25 rings (SSSR count). The lowest BCUT2D eigenvalue weighted by Gasteiger charge is -2.29. The van der Waals surface area contributed by atoms with E-state index in [1.165, 1.54) is 5.56 Å². The SMILES string of the molecule is Cc1cccc(N(c2cccc3c2oc2ccccc23)c2cccc3c2c2c4ccc5c(c4ccc2n3-c2ccccc2)c2c(N(c3ccc(C(C)(C)C)cc3)c3cccc4c3c3c6ccc7c(c6ccc3n4-c3ccccc3)c3c(N(c4cccc(C)c4)c4cccc6c4oc4ccccc46)cccc3n7-c3ccccc3)cccc2n5-c2ccccc2)c1. The van der Waals surface area contributed by atoms with Gasteiger partial charge in [0.15, 0.2) is 11.2 Å². The second-order valence-corrected chi connectivity index (χ2v) is 34.4. The van der Waals surface area contributed by atoms with Crippen molar-refractivity contribution >= 4 is 204 Å². The highest BCUT2D eigenvalue weighted by Gasteiger charge is 2.33. The number of hydrogen-bond acceptors (Lipinski definition) is 5. The smallest absolute Gasteiger partial charge is 0.159 e. The third kappa shape index (κ3) is 10.9. The highest BCUT2D eigenvalue weighted by molar-refractivity contribution is 6.36. The normalized spacial score (nSPS) is 12.2. The Kier molecular flexibility index (Phi) is 15.9. The summed E-state index contributed by atoms with van der Waals surface area (Å²) in [5.74, 6) is 0. The zero-order valence-electron chi connectivity index (χ0n) is 69.6. The summed E-state index contributed by atoms with van der Waals surface area (Å²) in [5.41, 5.74) is 28.9. The highest BCUT2D eigenvalue weighted by atomic mass is 16.3. The van der Waals surface area contributed by atoms with E-state index in [4.69, 9.17) is 8.83 Å². The summed E-state index contributed by atoms with van der Waals surface area (Å²) in [5, 5.41) is 17.9. The van der Waals surface area contributed by atoms with Crippen molar-refractivity contribution in [1.29, 1.82) is 0 Å². The zero-order chi connectivity index (χ0) is 83.0. The molecular weight excluding hydrogens is 1520 g/mol. The quantitative estimate of drug-likeness (QED) is 0.115. The van der Waals surface area contributed by atoms with E-state index < -0.39 is 0 Å². The van der Waals surface area contributed by atoms with Crippen LogP contribution in [0, 0.1) is 13.8 Å². The summed E-state index contributed by atoms with van der Waals surface area (Å²) in [7, 11) is 0. The number of nitrogens with zero attached hydrogens (tertiary/aromatic N) is 7. The summed E-state index contributed by atoms with van der Waals surface area (Å²) in [6.07, 6.45) is 0. The lowest BCUT2D eigenvalue weighted by atomic mass is 9.87. The molecule has 19 aromatic carbocycles. The third-order valence-electron chi connectivity index (χ3n) is 26.1. The first-order chi connectivity index (χ1) is 61.5. The van der Waals surface area contributed by atoms with Gasteiger partial charge in [0.2, 0.25) is 0 Å². The van der Waals surface area contributed by atoms with Crippen molar-refractivity contribution in [1.82, 2.24) is 18.3 Å². The molecule has 9 heteroatoms. The fraction of sp³-hybridized carbons (Fsp3) is 0.0517. The Balaban J connectivity index is 0.805. The molecule has 6 heterocycles. The Bertz CT molecular complexity index is 8260. The molecule has 125 heavy (non-hydrogen) atoms. The summed E-state index contributed by atoms with van der Waals surface area (Å²) in [4.78, 5) is 7.49. The van der Waals surface area contributed by atoms with Gasteiger partial charge < -0.3 is 41.8 Å². The molecule has 0 spiro atoms. The van der Waals surface area contributed by atoms with Gasteiger partial charge >= 0.3 is 0 Å². The molecular formula is C116H81N7O2. The summed E-state index contributed by atoms with van der Waals surface area (Å²) >= 11 is 0. The average molecular weight is 1600 g/mol. The van der Waals surface area contributed by atoms with Crippen LogP contribution in [0.15, 0.2) is 409 Å². The molecule has 6 aromatic heterocycles. The van der Waals surface area contributed by atoms with Crippen LogP contribution < -0.4 is 14.7 Å². The summed E-state index contributed by atoms with van der Waals surface area (Å²) < 4.78 is 24.1. The maximum Gasteiger partial charge on any atom is 0.159 e. The molecule has 0 fully saturated rings. The van der Waals surface area contributed by atoms with Crippen molar-refractivity contribution in [3.63, 3.8) is 0 Å². The molecule has 25 aromatic rings. The molecule has 0 aliphatic heterocycles. The summed E-state index contributed by atoms with van der Waals surface area (Å²) in [6, 6.07) is 148. The Morgan fingerprint density at radius 1 is 0.208 bits per heavy atom. The van der Waals surface area contributed by atoms with Crippen molar-refractivity contribution < 1.29 is 8.83 Å². The van der Waals surface area contributed by atoms with Gasteiger partial charge in [-0.25, -0.2) is 0 Å². The van der Waals surface area contributed by atoms with E-state index in [9.17, 15) is 0 Å². The van der Waals surface area contributed by atoms with Crippen molar-refractivity contribution in [3.05, 3.63) is 417 Å². The number of para-hydroxylation sites is 8. The largest absolute Gasteiger partial charge is 0.454 e. The molecule has 0 atom stereocenters. The van der Waals surface area contributed by atoms with E-state index in [2.05, 4.69) is 468 Å². The molecule has 0 amide bonds. The molecule has 0 aliphatic rings. The fourth-order valence-electron chi connectivity index (χ4n) is 20.8. The number of hydrogen-bond donors (Lipinski definition) is 0. The van der Waals surface area contributed by atoms with Gasteiger partial charge in [0.25, 0.3) is 0 Å². The van der Waals surface area contributed by atoms with E-state index in [0.29, 0.717) is 0 Å². The minimum Gasteiger partial charge on any atom is -0.454 e. The van der Waals surface area contributed by atoms with Crippen LogP contribution in [-0.2, 0) is 5.41 Å². The van der Waals surface area contributed by atoms with Crippen LogP contribution in [0.5, 0.6) is 0 Å². The van der Waals surface area contributed by atoms with E-state index >= 15 is 0 Å². The first-order valence-corrected chi connectivity index (χ1v) is 43.1. The topological polar surface area (TPSA) is 55.7 Å². The van der Waals surface area contributed by atoms with Crippen molar-refractivity contribution in [2.45, 2.75) is 40.0 Å². The lowest BCUT2D eigenvalue weighted by Crippen LogP contribution is -2.13. The Morgan fingerprint density at radius 2 is 0.480 bits per heavy atom. The van der Waals surface area contributed by atoms with Crippen LogP contribution in [0.25, 0.3) is 175 Å². The Morgan fingerprint density at radius 3 is 0.800 bits per heavy atom. The van der Waals surface area contributed by atoms with Crippen LogP contribution in [0.2, 0.25) is 0 Å². The van der Waals surface area contributed by atoms with Gasteiger partial charge in [0.05, 0.1) is 78.3 Å². The van der Waals surface area contributed by atoms with Crippen LogP contribution in [-0.4, -0.2) is 18.3 Å². The molecule has 0 N–H and O–H groups in total. The molecule has 592 valence electrons. The van der Waals surface area contributed by atoms with Crippen molar-refractivity contribution in [3.8, 4) is 22.7 Å². The van der Waals surface area contributed by atoms with Gasteiger partial charge in [0, 0.05) is 104 Å². The van der Waals surface area contributed by atoms with Crippen LogP contribution in [0.1, 0.15) is 37.5 Å². The number of anilines is 9. The minimum atomic E-state index is -0.132. The molecule has 0 radical (unpaired) electrons. The molecule has 0 unspecified atom stereocenters. The van der Waals surface area contributed by atoms with E-state index in [1.807, 2.05) is 0 Å². The van der Waals surface area contributed by atoms with Crippen molar-refractivity contribution in [2.24, 2.45) is 0 Å². The standard InChI is InChI=1S/C116H81N7O2/c1-72-30-22-40-80(70-72)122(102-54-24-44-88-82-42-18-20-56-104(82)124-114(88)102)96-52-28-48-92-112(96)108-86-64-66-98-106(84(86)62-68-100(108)119(92)77-36-14-8-15-37-77)110-90(117(98)75-32-10-6-11-33-75)46-26-50-94(110)121(79-60-58-74(59-61-79)116(3,4)5)95-51-27-47-91-111(95)107-85-63-69-101-109(87(85)65-67-99(107)118(91)76-34-12-7-13-35-76)113-93(120(101)78-38-16-9-17-39-78)49-29-53-97(113)123(81-41-23-31-73(2)71-81)103-55-25-45-89-83-43-19-21-57-105(83)125-115(89)103/h6-71H,1-5H3. The van der Waals surface area contributed by atoms with E-state index in [0.717, 1.165) is 238 Å². The van der Waals surface area contributed by atoms with E-state index in [1.54, 1.807) is 0 Å². The third-order valence-corrected chi connectivity index (χ3v) is 26.1. The number of rotatable bonds is 13. The van der Waals surface area contributed by atoms with Gasteiger partial charge in [0.1, 0.15) is 11.2 Å². The minimum absolute atomic E-state index is 0.132. The number of benzene rings is 19. The van der Waals surface area contributed by atoms with Crippen molar-refractivity contribution in [2.75, 3.05) is 14.7 Å². The number of furan rings is 2. The molecule has 9 nitrogen and oxygen atoms in total. The van der Waals surface area contributed by atoms with Gasteiger partial charge in [-0.3, -0.25) is 0 Å². The second kappa shape index (κ2) is 27.7. The molecule has 0 saturated carbocycles. The highest BCUT2D eigenvalue weighted by Crippen LogP contribution is 2.56. The molecule has 0 aliphatic carbocycles. The predicted molar refractivity (Wildman–Crippen MR) is 526 cm³/mol. The number of fused-ring (bicyclic) bond motifs is 24. The van der Waals surface area contributed by atoms with Crippen LogP contribution in [0.3, 0.4) is 0 Å². The fourth-order valence-corrected chi connectivity index (χ4v) is 20.8. The number of aryl methyl sites for hydroxylation is 2. The molecule has 0 bridgehead atoms. The first-order valence-electron chi connectivity index (χ1n) is 43.1. The average Bonchev–Trinajstić information content (AvgIpc) is 1.54. The Hall–Kier alpha value is -16.1. The first kappa shape index (κ1) is 71.8. The monoisotopic (exact) mass is 1600 g/mol. The van der Waals surface area contributed by atoms with Crippen LogP contribution in [0.4, 0.5) is 51.2 Å². The Labute approximate surface area is 720 Å².